The molecule has 2 aromatic heterocycles. The number of fused-ring (bicyclic) bond motifs is 1. The average Bonchev–Trinajstić information content (AvgIpc) is 3.07. The second kappa shape index (κ2) is 6.41. The Bertz CT molecular complexity index is 735. The molecule has 2 heterocycles. The van der Waals surface area contributed by atoms with Crippen molar-refractivity contribution >= 4 is 33.7 Å². The van der Waals surface area contributed by atoms with Crippen molar-refractivity contribution in [3.8, 4) is 5.88 Å². The molecule has 1 aromatic carbocycles. The van der Waals surface area contributed by atoms with Crippen LogP contribution >= 0.6 is 23.1 Å². The maximum Gasteiger partial charge on any atom is 0.238 e. The lowest BCUT2D eigenvalue weighted by molar-refractivity contribution is 0.395. The van der Waals surface area contributed by atoms with E-state index >= 15 is 0 Å². The van der Waals surface area contributed by atoms with E-state index in [0.29, 0.717) is 12.4 Å². The van der Waals surface area contributed by atoms with Gasteiger partial charge in [-0.3, -0.25) is 4.40 Å². The number of imidazole rings is 1. The Balaban J connectivity index is 1.84. The summed E-state index contributed by atoms with van der Waals surface area (Å²) in [7, 11) is 1.66. The number of methoxy groups -OCH3 is 1. The minimum Gasteiger partial charge on any atom is -0.480 e. The number of hydrogen-bond donors (Lipinski definition) is 1. The lowest BCUT2D eigenvalue weighted by Crippen LogP contribution is -2.04. The number of nitrogens with one attached hydrogen (secondary N) is 1. The van der Waals surface area contributed by atoms with Crippen LogP contribution in [0.1, 0.15) is 12.6 Å². The molecule has 0 saturated heterocycles. The van der Waals surface area contributed by atoms with Gasteiger partial charge >= 0.3 is 0 Å². The van der Waals surface area contributed by atoms with Crippen LogP contribution in [0.4, 0.5) is 5.69 Å². The third-order valence-corrected chi connectivity index (χ3v) is 4.86. The molecule has 0 amide bonds. The molecule has 4 nitrogen and oxygen atoms in total. The molecular weight excluding hydrogens is 302 g/mol. The lowest BCUT2D eigenvalue weighted by atomic mass is 10.3. The van der Waals surface area contributed by atoms with Crippen LogP contribution in [-0.2, 0) is 6.54 Å². The summed E-state index contributed by atoms with van der Waals surface area (Å²) in [5.41, 5.74) is 2.20. The van der Waals surface area contributed by atoms with Crippen molar-refractivity contribution in [2.24, 2.45) is 0 Å². The molecule has 0 aliphatic carbocycles. The Kier molecular flexibility index (Phi) is 4.36. The Morgan fingerprint density at radius 3 is 3.05 bits per heavy atom. The number of hydrogen-bond acceptors (Lipinski definition) is 5. The Morgan fingerprint density at radius 1 is 1.38 bits per heavy atom. The first-order valence-electron chi connectivity index (χ1n) is 6.77. The highest BCUT2D eigenvalue weighted by Gasteiger charge is 2.13. The van der Waals surface area contributed by atoms with Crippen LogP contribution in [0.5, 0.6) is 5.88 Å². The van der Waals surface area contributed by atoms with Crippen molar-refractivity contribution in [2.75, 3.05) is 18.2 Å². The summed E-state index contributed by atoms with van der Waals surface area (Å²) < 4.78 is 7.46. The van der Waals surface area contributed by atoms with Crippen molar-refractivity contribution in [1.82, 2.24) is 9.38 Å². The van der Waals surface area contributed by atoms with Crippen molar-refractivity contribution < 1.29 is 4.74 Å². The zero-order valence-corrected chi connectivity index (χ0v) is 13.6. The maximum absolute atomic E-state index is 5.38. The van der Waals surface area contributed by atoms with Crippen LogP contribution in [0.25, 0.3) is 4.96 Å². The van der Waals surface area contributed by atoms with Crippen molar-refractivity contribution in [3.05, 3.63) is 41.5 Å². The maximum atomic E-state index is 5.38. The molecular formula is C15H17N3OS2. The number of ether oxygens (including phenoxy) is 1. The second-order valence-electron chi connectivity index (χ2n) is 4.41. The van der Waals surface area contributed by atoms with Gasteiger partial charge in [0.1, 0.15) is 5.69 Å². The molecule has 6 heteroatoms. The quantitative estimate of drug-likeness (QED) is 0.693. The van der Waals surface area contributed by atoms with Gasteiger partial charge in [-0.15, -0.1) is 23.1 Å². The predicted octanol–water partition coefficient (Wildman–Crippen LogP) is 4.13. The molecule has 0 radical (unpaired) electrons. The predicted molar refractivity (Wildman–Crippen MR) is 89.8 cm³/mol. The smallest absolute Gasteiger partial charge is 0.238 e. The SMILES string of the molecule is CCSc1ccccc1NCc1c(OC)nc2sccn12. The third kappa shape index (κ3) is 2.87. The highest BCUT2D eigenvalue weighted by molar-refractivity contribution is 7.99. The number of para-hydroxylation sites is 1. The molecule has 1 N–H and O–H groups in total. The van der Waals surface area contributed by atoms with E-state index < -0.39 is 0 Å². The molecule has 0 spiro atoms. The largest absolute Gasteiger partial charge is 0.480 e. The molecule has 0 saturated carbocycles. The third-order valence-electron chi connectivity index (χ3n) is 3.15. The van der Waals surface area contributed by atoms with E-state index in [1.165, 1.54) is 4.90 Å². The molecule has 0 atom stereocenters. The van der Waals surface area contributed by atoms with Gasteiger partial charge in [0.25, 0.3) is 0 Å². The number of anilines is 1. The topological polar surface area (TPSA) is 38.6 Å². The summed E-state index contributed by atoms with van der Waals surface area (Å²) in [5.74, 6) is 1.75. The summed E-state index contributed by atoms with van der Waals surface area (Å²) in [4.78, 5) is 6.70. The molecule has 0 unspecified atom stereocenters. The Labute approximate surface area is 132 Å². The van der Waals surface area contributed by atoms with Gasteiger partial charge < -0.3 is 10.1 Å². The second-order valence-corrected chi connectivity index (χ2v) is 6.58. The van der Waals surface area contributed by atoms with Crippen LogP contribution in [0, 0.1) is 0 Å². The van der Waals surface area contributed by atoms with Crippen LogP contribution < -0.4 is 10.1 Å². The zero-order valence-electron chi connectivity index (χ0n) is 12.0. The number of rotatable bonds is 6. The standard InChI is InChI=1S/C15H17N3OS2/c1-3-20-13-7-5-4-6-11(13)16-10-12-14(19-2)17-15-18(12)8-9-21-15/h4-9,16H,3,10H2,1-2H3. The highest BCUT2D eigenvalue weighted by Crippen LogP contribution is 2.29. The fourth-order valence-corrected chi connectivity index (χ4v) is 3.72. The average molecular weight is 319 g/mol. The van der Waals surface area contributed by atoms with Crippen LogP contribution in [0.15, 0.2) is 40.7 Å². The van der Waals surface area contributed by atoms with Gasteiger partial charge in [-0.25, -0.2) is 0 Å². The van der Waals surface area contributed by atoms with Crippen LogP contribution in [0.2, 0.25) is 0 Å². The van der Waals surface area contributed by atoms with E-state index in [-0.39, 0.29) is 0 Å². The van der Waals surface area contributed by atoms with Gasteiger partial charge in [0.05, 0.1) is 13.7 Å². The molecule has 3 rings (SSSR count). The van der Waals surface area contributed by atoms with Crippen molar-refractivity contribution in [2.45, 2.75) is 18.4 Å². The fourth-order valence-electron chi connectivity index (χ4n) is 2.21. The molecule has 0 bridgehead atoms. The number of aromatic nitrogens is 2. The van der Waals surface area contributed by atoms with Crippen LogP contribution in [-0.4, -0.2) is 22.2 Å². The molecule has 0 fully saturated rings. The van der Waals surface area contributed by atoms with Gasteiger partial charge in [0.2, 0.25) is 5.88 Å². The monoisotopic (exact) mass is 319 g/mol. The van der Waals surface area contributed by atoms with E-state index in [4.69, 9.17) is 4.74 Å². The van der Waals surface area contributed by atoms with Crippen molar-refractivity contribution in [1.29, 1.82) is 0 Å². The van der Waals surface area contributed by atoms with Gasteiger partial charge in [-0.05, 0) is 17.9 Å². The lowest BCUT2D eigenvalue weighted by Gasteiger charge is -2.11. The Hall–Kier alpha value is -1.66. The van der Waals surface area contributed by atoms with E-state index in [1.807, 2.05) is 23.3 Å². The van der Waals surface area contributed by atoms with E-state index in [0.717, 1.165) is 22.1 Å². The molecule has 0 aliphatic rings. The van der Waals surface area contributed by atoms with Gasteiger partial charge in [0, 0.05) is 22.2 Å². The fraction of sp³-hybridized carbons (Fsp3) is 0.267. The molecule has 3 aromatic rings. The summed E-state index contributed by atoms with van der Waals surface area (Å²) in [5, 5.41) is 5.53. The first-order valence-corrected chi connectivity index (χ1v) is 8.64. The van der Waals surface area contributed by atoms with Gasteiger partial charge in [-0.1, -0.05) is 19.1 Å². The van der Waals surface area contributed by atoms with E-state index in [2.05, 4.69) is 45.9 Å². The summed E-state index contributed by atoms with van der Waals surface area (Å²) >= 11 is 3.45. The highest BCUT2D eigenvalue weighted by atomic mass is 32.2. The molecule has 110 valence electrons. The number of thiazole rings is 1. The van der Waals surface area contributed by atoms with Gasteiger partial charge in [-0.2, -0.15) is 4.98 Å². The molecule has 21 heavy (non-hydrogen) atoms. The zero-order chi connectivity index (χ0) is 14.7. The minimum absolute atomic E-state index is 0.683. The summed E-state index contributed by atoms with van der Waals surface area (Å²) in [6.07, 6.45) is 2.03. The number of nitrogens with zero attached hydrogens (tertiary/aromatic N) is 2. The van der Waals surface area contributed by atoms with E-state index in [9.17, 15) is 0 Å². The Morgan fingerprint density at radius 2 is 2.24 bits per heavy atom. The summed E-state index contributed by atoms with van der Waals surface area (Å²) in [6, 6.07) is 8.37. The molecule has 0 aliphatic heterocycles. The van der Waals surface area contributed by atoms with Crippen LogP contribution in [0.3, 0.4) is 0 Å². The minimum atomic E-state index is 0.683. The van der Waals surface area contributed by atoms with Crippen molar-refractivity contribution in [3.63, 3.8) is 0 Å². The van der Waals surface area contributed by atoms with E-state index in [1.54, 1.807) is 18.4 Å². The summed E-state index contributed by atoms with van der Waals surface area (Å²) in [6.45, 7) is 2.85. The van der Waals surface area contributed by atoms with Gasteiger partial charge in [0.15, 0.2) is 4.96 Å². The normalized spacial score (nSPS) is 11.0. The number of benzene rings is 1. The first-order chi connectivity index (χ1) is 10.3. The number of thioether (sulfide) groups is 1. The first kappa shape index (κ1) is 14.3.